The van der Waals surface area contributed by atoms with Crippen LogP contribution < -0.4 is 4.74 Å². The third-order valence-corrected chi connectivity index (χ3v) is 8.45. The summed E-state index contributed by atoms with van der Waals surface area (Å²) in [6.07, 6.45) is 4.01. The lowest BCUT2D eigenvalue weighted by atomic mass is 9.59. The summed E-state index contributed by atoms with van der Waals surface area (Å²) in [6, 6.07) is 14.4. The van der Waals surface area contributed by atoms with Gasteiger partial charge in [0.2, 0.25) is 11.8 Å². The van der Waals surface area contributed by atoms with E-state index in [2.05, 4.69) is 0 Å². The van der Waals surface area contributed by atoms with Gasteiger partial charge in [-0.05, 0) is 61.9 Å². The van der Waals surface area contributed by atoms with Crippen LogP contribution in [-0.2, 0) is 25.7 Å². The van der Waals surface area contributed by atoms with Crippen molar-refractivity contribution in [2.75, 3.05) is 6.61 Å². The Hall–Kier alpha value is -4.26. The number of imide groups is 1. The first-order chi connectivity index (χ1) is 18.8. The number of hydrogen-bond donors (Lipinski definition) is 1. The van der Waals surface area contributed by atoms with Crippen LogP contribution in [0.15, 0.2) is 83.0 Å². The van der Waals surface area contributed by atoms with Gasteiger partial charge in [0.15, 0.2) is 23.1 Å². The lowest BCUT2D eigenvalue weighted by Gasteiger charge is -2.42. The summed E-state index contributed by atoms with van der Waals surface area (Å²) in [6.45, 7) is 4.00. The van der Waals surface area contributed by atoms with Crippen molar-refractivity contribution >= 4 is 23.4 Å². The van der Waals surface area contributed by atoms with Crippen LogP contribution in [0.2, 0.25) is 0 Å². The lowest BCUT2D eigenvalue weighted by molar-refractivity contribution is -0.140. The van der Waals surface area contributed by atoms with Crippen LogP contribution >= 0.6 is 0 Å². The third kappa shape index (κ3) is 3.95. The molecule has 198 valence electrons. The van der Waals surface area contributed by atoms with E-state index in [-0.39, 0.29) is 47.8 Å². The molecular formula is C32H29NO6. The minimum Gasteiger partial charge on any atom is -0.504 e. The fraction of sp³-hybridized carbons (Fsp3) is 0.312. The molecule has 2 amide bonds. The molecule has 4 atom stereocenters. The van der Waals surface area contributed by atoms with E-state index in [1.54, 1.807) is 19.1 Å². The second-order valence-electron chi connectivity index (χ2n) is 10.6. The van der Waals surface area contributed by atoms with Gasteiger partial charge in [0.05, 0.1) is 25.0 Å². The molecule has 2 aromatic carbocycles. The van der Waals surface area contributed by atoms with E-state index in [0.717, 1.165) is 11.1 Å². The highest BCUT2D eigenvalue weighted by atomic mass is 16.5. The summed E-state index contributed by atoms with van der Waals surface area (Å²) in [5, 5.41) is 10.3. The Labute approximate surface area is 226 Å². The predicted molar refractivity (Wildman–Crippen MR) is 143 cm³/mol. The molecule has 7 heteroatoms. The zero-order valence-electron chi connectivity index (χ0n) is 21.8. The van der Waals surface area contributed by atoms with Crippen LogP contribution in [0.4, 0.5) is 0 Å². The van der Waals surface area contributed by atoms with E-state index in [9.17, 15) is 24.3 Å². The fourth-order valence-electron chi connectivity index (χ4n) is 6.73. The third-order valence-electron chi connectivity index (χ3n) is 8.45. The number of nitrogens with zero attached hydrogens (tertiary/aromatic N) is 1. The number of carbonyl (C=O) groups excluding carboxylic acids is 4. The number of amides is 2. The van der Waals surface area contributed by atoms with E-state index < -0.39 is 23.7 Å². The summed E-state index contributed by atoms with van der Waals surface area (Å²) in [5.41, 5.74) is 3.65. The van der Waals surface area contributed by atoms with Gasteiger partial charge >= 0.3 is 0 Å². The van der Waals surface area contributed by atoms with Crippen molar-refractivity contribution in [3.05, 3.63) is 94.1 Å². The monoisotopic (exact) mass is 523 g/mol. The summed E-state index contributed by atoms with van der Waals surface area (Å²) < 4.78 is 5.62. The maximum absolute atomic E-state index is 13.9. The number of phenols is 1. The number of rotatable bonds is 5. The van der Waals surface area contributed by atoms with E-state index in [1.807, 2.05) is 43.3 Å². The van der Waals surface area contributed by atoms with Gasteiger partial charge in [0.1, 0.15) is 0 Å². The van der Waals surface area contributed by atoms with Crippen LogP contribution in [0.1, 0.15) is 43.7 Å². The second kappa shape index (κ2) is 9.49. The molecule has 1 heterocycles. The number of carbonyl (C=O) groups is 4. The van der Waals surface area contributed by atoms with E-state index in [1.165, 1.54) is 17.0 Å². The molecule has 0 saturated carbocycles. The predicted octanol–water partition coefficient (Wildman–Crippen LogP) is 4.42. The van der Waals surface area contributed by atoms with Crippen molar-refractivity contribution in [1.29, 1.82) is 0 Å². The standard InChI is InChI=1S/C32H29NO6/c1-3-39-26-14-19(9-12-24(26)34)27-20-10-11-21-28(22(20)15-23-29(27)25(35)13-17(2)30(23)36)32(38)33(31(21)37)16-18-7-5-4-6-8-18/h4-10,12-14,21-22,27-28,34H,3,11,15-16H2,1-2H3. The Kier molecular flexibility index (Phi) is 6.09. The number of benzene rings is 2. The minimum atomic E-state index is -0.602. The maximum Gasteiger partial charge on any atom is 0.234 e. The van der Waals surface area contributed by atoms with Crippen molar-refractivity contribution < 1.29 is 29.0 Å². The molecule has 6 rings (SSSR count). The van der Waals surface area contributed by atoms with Crippen LogP contribution in [0, 0.1) is 17.8 Å². The molecule has 39 heavy (non-hydrogen) atoms. The number of ether oxygens (including phenoxy) is 1. The molecule has 1 N–H and O–H groups in total. The number of aromatic hydroxyl groups is 1. The number of likely N-dealkylation sites (tertiary alicyclic amines) is 1. The molecule has 4 unspecified atom stereocenters. The number of fused-ring (bicyclic) bond motifs is 3. The summed E-state index contributed by atoms with van der Waals surface area (Å²) in [7, 11) is 0. The summed E-state index contributed by atoms with van der Waals surface area (Å²) in [4.78, 5) is 55.5. The highest BCUT2D eigenvalue weighted by molar-refractivity contribution is 6.23. The van der Waals surface area contributed by atoms with Gasteiger partial charge in [-0.2, -0.15) is 0 Å². The molecule has 0 spiro atoms. The van der Waals surface area contributed by atoms with Crippen molar-refractivity contribution in [1.82, 2.24) is 4.90 Å². The second-order valence-corrected chi connectivity index (χ2v) is 10.6. The summed E-state index contributed by atoms with van der Waals surface area (Å²) >= 11 is 0. The number of phenolic OH excluding ortho intramolecular Hbond substituents is 1. The molecule has 2 aromatic rings. The molecule has 3 aliphatic carbocycles. The Morgan fingerprint density at radius 2 is 1.77 bits per heavy atom. The average molecular weight is 524 g/mol. The number of hydrogen-bond acceptors (Lipinski definition) is 6. The first kappa shape index (κ1) is 25.0. The molecule has 0 radical (unpaired) electrons. The van der Waals surface area contributed by atoms with Crippen molar-refractivity contribution in [3.8, 4) is 11.5 Å². The highest BCUT2D eigenvalue weighted by Crippen LogP contribution is 2.55. The molecule has 1 fully saturated rings. The Morgan fingerprint density at radius 1 is 1.00 bits per heavy atom. The van der Waals surface area contributed by atoms with Crippen LogP contribution in [0.3, 0.4) is 0 Å². The van der Waals surface area contributed by atoms with Gasteiger partial charge in [0, 0.05) is 22.6 Å². The SMILES string of the molecule is CCOc1cc(C2C3=CCC4C(=O)N(Cc5ccccc5)C(=O)C4C3CC3=C2C(=O)C=C(C)C3=O)ccc1O. The topological polar surface area (TPSA) is 101 Å². The zero-order valence-corrected chi connectivity index (χ0v) is 21.8. The van der Waals surface area contributed by atoms with Gasteiger partial charge in [-0.25, -0.2) is 0 Å². The zero-order chi connectivity index (χ0) is 27.4. The van der Waals surface area contributed by atoms with Crippen LogP contribution in [0.25, 0.3) is 0 Å². The minimum absolute atomic E-state index is 0.0187. The Morgan fingerprint density at radius 3 is 2.51 bits per heavy atom. The van der Waals surface area contributed by atoms with Crippen molar-refractivity contribution in [3.63, 3.8) is 0 Å². The quantitative estimate of drug-likeness (QED) is 0.354. The van der Waals surface area contributed by atoms with Crippen LogP contribution in [-0.4, -0.2) is 40.0 Å². The molecule has 0 bridgehead atoms. The number of ketones is 2. The molecular weight excluding hydrogens is 494 g/mol. The van der Waals surface area contributed by atoms with Gasteiger partial charge in [-0.3, -0.25) is 24.1 Å². The molecule has 1 aliphatic heterocycles. The van der Waals surface area contributed by atoms with E-state index in [4.69, 9.17) is 4.74 Å². The van der Waals surface area contributed by atoms with Crippen molar-refractivity contribution in [2.24, 2.45) is 17.8 Å². The van der Waals surface area contributed by atoms with Gasteiger partial charge in [0.25, 0.3) is 0 Å². The van der Waals surface area contributed by atoms with Crippen molar-refractivity contribution in [2.45, 2.75) is 39.2 Å². The number of allylic oxidation sites excluding steroid dienone is 6. The highest BCUT2D eigenvalue weighted by Gasteiger charge is 2.56. The molecule has 4 aliphatic rings. The van der Waals surface area contributed by atoms with Crippen LogP contribution in [0.5, 0.6) is 11.5 Å². The Balaban J connectivity index is 1.45. The first-order valence-corrected chi connectivity index (χ1v) is 13.3. The van der Waals surface area contributed by atoms with Gasteiger partial charge in [-0.15, -0.1) is 0 Å². The van der Waals surface area contributed by atoms with Gasteiger partial charge in [-0.1, -0.05) is 48.0 Å². The normalized spacial score (nSPS) is 26.2. The van der Waals surface area contributed by atoms with E-state index in [0.29, 0.717) is 35.3 Å². The smallest absolute Gasteiger partial charge is 0.234 e. The van der Waals surface area contributed by atoms with E-state index >= 15 is 0 Å². The first-order valence-electron chi connectivity index (χ1n) is 13.3. The lowest BCUT2D eigenvalue weighted by Crippen LogP contribution is -2.39. The summed E-state index contributed by atoms with van der Waals surface area (Å²) in [5.74, 6) is -2.64. The van der Waals surface area contributed by atoms with Gasteiger partial charge < -0.3 is 9.84 Å². The average Bonchev–Trinajstić information content (AvgIpc) is 3.17. The molecule has 1 saturated heterocycles. The molecule has 0 aromatic heterocycles. The number of Topliss-reactive ketones (excluding diaryl/α,β-unsaturated/α-hetero) is 1. The fourth-order valence-corrected chi connectivity index (χ4v) is 6.73. The Bertz CT molecular complexity index is 1510. The maximum atomic E-state index is 13.9. The largest absolute Gasteiger partial charge is 0.504 e. The molecule has 7 nitrogen and oxygen atoms in total.